The SMILES string of the molecule is CCCCNC(=O)C(C)N(Cc1ccc(Br)cc1)C(=O)CN(c1ccc(Oc2ccccc2)cc1)S(C)(=O)=O. The number of anilines is 1. The summed E-state index contributed by atoms with van der Waals surface area (Å²) in [5.41, 5.74) is 1.13. The Bertz CT molecular complexity index is 1330. The van der Waals surface area contributed by atoms with Crippen molar-refractivity contribution in [3.8, 4) is 11.5 Å². The number of sulfonamides is 1. The van der Waals surface area contributed by atoms with Crippen LogP contribution >= 0.6 is 15.9 Å². The van der Waals surface area contributed by atoms with Gasteiger partial charge in [0, 0.05) is 17.6 Å². The molecule has 3 rings (SSSR count). The van der Waals surface area contributed by atoms with Crippen LogP contribution in [0.25, 0.3) is 0 Å². The van der Waals surface area contributed by atoms with Gasteiger partial charge < -0.3 is 15.0 Å². The summed E-state index contributed by atoms with van der Waals surface area (Å²) in [6.45, 7) is 3.88. The molecule has 3 aromatic carbocycles. The fourth-order valence-electron chi connectivity index (χ4n) is 3.82. The molecular weight excluding hydrogens is 582 g/mol. The summed E-state index contributed by atoms with van der Waals surface area (Å²) < 4.78 is 33.3. The lowest BCUT2D eigenvalue weighted by Gasteiger charge is -2.31. The van der Waals surface area contributed by atoms with Crippen LogP contribution in [0.15, 0.2) is 83.3 Å². The maximum atomic E-state index is 13.6. The third-order valence-electron chi connectivity index (χ3n) is 6.05. The number of para-hydroxylation sites is 1. The number of halogens is 1. The van der Waals surface area contributed by atoms with Crippen LogP contribution in [-0.2, 0) is 26.2 Å². The van der Waals surface area contributed by atoms with Crippen molar-refractivity contribution < 1.29 is 22.7 Å². The molecule has 8 nitrogen and oxygen atoms in total. The van der Waals surface area contributed by atoms with Crippen molar-refractivity contribution >= 4 is 43.5 Å². The minimum atomic E-state index is -3.82. The van der Waals surface area contributed by atoms with Gasteiger partial charge in [-0.1, -0.05) is 59.6 Å². The molecule has 0 spiro atoms. The molecular formula is C29H34BrN3O5S. The zero-order valence-corrected chi connectivity index (χ0v) is 24.7. The molecule has 0 saturated carbocycles. The van der Waals surface area contributed by atoms with Crippen LogP contribution in [0.3, 0.4) is 0 Å². The van der Waals surface area contributed by atoms with Gasteiger partial charge in [-0.2, -0.15) is 0 Å². The summed E-state index contributed by atoms with van der Waals surface area (Å²) >= 11 is 3.40. The number of carbonyl (C=O) groups is 2. The Morgan fingerprint density at radius 2 is 1.56 bits per heavy atom. The number of amides is 2. The van der Waals surface area contributed by atoms with Gasteiger partial charge in [-0.25, -0.2) is 8.42 Å². The van der Waals surface area contributed by atoms with E-state index in [1.165, 1.54) is 4.90 Å². The highest BCUT2D eigenvalue weighted by Gasteiger charge is 2.30. The van der Waals surface area contributed by atoms with Gasteiger partial charge in [-0.15, -0.1) is 0 Å². The molecule has 0 aromatic heterocycles. The van der Waals surface area contributed by atoms with Crippen LogP contribution < -0.4 is 14.4 Å². The minimum absolute atomic E-state index is 0.149. The van der Waals surface area contributed by atoms with Gasteiger partial charge in [-0.3, -0.25) is 13.9 Å². The van der Waals surface area contributed by atoms with Gasteiger partial charge in [0.2, 0.25) is 21.8 Å². The van der Waals surface area contributed by atoms with E-state index in [0.29, 0.717) is 23.7 Å². The molecule has 10 heteroatoms. The first-order chi connectivity index (χ1) is 18.6. The van der Waals surface area contributed by atoms with Crippen LogP contribution in [0.4, 0.5) is 5.69 Å². The first-order valence-electron chi connectivity index (χ1n) is 12.7. The molecule has 3 aromatic rings. The van der Waals surface area contributed by atoms with E-state index in [1.807, 2.05) is 61.5 Å². The van der Waals surface area contributed by atoms with E-state index in [-0.39, 0.29) is 12.5 Å². The number of nitrogens with one attached hydrogen (secondary N) is 1. The van der Waals surface area contributed by atoms with Crippen LogP contribution in [0.5, 0.6) is 11.5 Å². The summed E-state index contributed by atoms with van der Waals surface area (Å²) in [4.78, 5) is 27.9. The zero-order valence-electron chi connectivity index (χ0n) is 22.3. The van der Waals surface area contributed by atoms with Crippen LogP contribution in [0, 0.1) is 0 Å². The van der Waals surface area contributed by atoms with Gasteiger partial charge in [0.15, 0.2) is 0 Å². The summed E-state index contributed by atoms with van der Waals surface area (Å²) in [5, 5.41) is 2.87. The van der Waals surface area contributed by atoms with Crippen LogP contribution in [0.2, 0.25) is 0 Å². The van der Waals surface area contributed by atoms with Crippen molar-refractivity contribution in [3.63, 3.8) is 0 Å². The average molecular weight is 617 g/mol. The fourth-order valence-corrected chi connectivity index (χ4v) is 4.94. The fraction of sp³-hybridized carbons (Fsp3) is 0.310. The number of nitrogens with zero attached hydrogens (tertiary/aromatic N) is 2. The topological polar surface area (TPSA) is 96.0 Å². The highest BCUT2D eigenvalue weighted by molar-refractivity contribution is 9.10. The lowest BCUT2D eigenvalue weighted by molar-refractivity contribution is -0.139. The number of ether oxygens (including phenoxy) is 1. The highest BCUT2D eigenvalue weighted by atomic mass is 79.9. The normalized spacial score (nSPS) is 11.9. The third kappa shape index (κ3) is 9.11. The molecule has 39 heavy (non-hydrogen) atoms. The van der Waals surface area contributed by atoms with Gasteiger partial charge in [0.05, 0.1) is 11.9 Å². The quantitative estimate of drug-likeness (QED) is 0.262. The van der Waals surface area contributed by atoms with Gasteiger partial charge in [0.25, 0.3) is 0 Å². The summed E-state index contributed by atoms with van der Waals surface area (Å²) in [6, 6.07) is 22.3. The Balaban J connectivity index is 1.83. The molecule has 2 amide bonds. The molecule has 0 aliphatic heterocycles. The van der Waals surface area contributed by atoms with Crippen LogP contribution in [-0.4, -0.2) is 50.5 Å². The highest BCUT2D eigenvalue weighted by Crippen LogP contribution is 2.26. The van der Waals surface area contributed by atoms with Crippen molar-refractivity contribution in [2.45, 2.75) is 39.3 Å². The third-order valence-corrected chi connectivity index (χ3v) is 7.72. The molecule has 0 fully saturated rings. The summed E-state index contributed by atoms with van der Waals surface area (Å²) in [6.07, 6.45) is 2.80. The zero-order chi connectivity index (χ0) is 28.4. The molecule has 1 N–H and O–H groups in total. The van der Waals surface area contributed by atoms with Gasteiger partial charge in [-0.05, 0) is 67.4 Å². The number of hydrogen-bond donors (Lipinski definition) is 1. The van der Waals surface area contributed by atoms with E-state index in [4.69, 9.17) is 4.74 Å². The molecule has 0 saturated heterocycles. The molecule has 0 aliphatic rings. The second-order valence-corrected chi connectivity index (χ2v) is 12.0. The van der Waals surface area contributed by atoms with E-state index in [9.17, 15) is 18.0 Å². The van der Waals surface area contributed by atoms with E-state index in [0.717, 1.165) is 33.4 Å². The van der Waals surface area contributed by atoms with Crippen molar-refractivity contribution in [2.75, 3.05) is 23.7 Å². The first-order valence-corrected chi connectivity index (χ1v) is 15.3. The van der Waals surface area contributed by atoms with Crippen molar-refractivity contribution in [3.05, 3.63) is 88.9 Å². The molecule has 0 heterocycles. The molecule has 1 unspecified atom stereocenters. The molecule has 208 valence electrons. The number of rotatable bonds is 13. The lowest BCUT2D eigenvalue weighted by atomic mass is 10.1. The van der Waals surface area contributed by atoms with E-state index >= 15 is 0 Å². The van der Waals surface area contributed by atoms with Gasteiger partial charge >= 0.3 is 0 Å². The largest absolute Gasteiger partial charge is 0.457 e. The number of carbonyl (C=O) groups excluding carboxylic acids is 2. The molecule has 1 atom stereocenters. The Morgan fingerprint density at radius 3 is 2.15 bits per heavy atom. The predicted octanol–water partition coefficient (Wildman–Crippen LogP) is 5.34. The maximum absolute atomic E-state index is 13.6. The number of benzene rings is 3. The Kier molecular flexibility index (Phi) is 10.9. The molecule has 0 radical (unpaired) electrons. The lowest BCUT2D eigenvalue weighted by Crippen LogP contribution is -2.51. The van der Waals surface area contributed by atoms with Crippen molar-refractivity contribution in [1.82, 2.24) is 10.2 Å². The smallest absolute Gasteiger partial charge is 0.244 e. The van der Waals surface area contributed by atoms with E-state index in [2.05, 4.69) is 21.2 Å². The first kappa shape index (κ1) is 30.2. The monoisotopic (exact) mass is 615 g/mol. The predicted molar refractivity (Wildman–Crippen MR) is 157 cm³/mol. The summed E-state index contributed by atoms with van der Waals surface area (Å²) in [7, 11) is -3.82. The van der Waals surface area contributed by atoms with Crippen molar-refractivity contribution in [2.24, 2.45) is 0 Å². The van der Waals surface area contributed by atoms with E-state index < -0.39 is 28.5 Å². The maximum Gasteiger partial charge on any atom is 0.244 e. The summed E-state index contributed by atoms with van der Waals surface area (Å²) in [5.74, 6) is 0.391. The second kappa shape index (κ2) is 14.1. The Labute approximate surface area is 239 Å². The van der Waals surface area contributed by atoms with E-state index in [1.54, 1.807) is 31.2 Å². The van der Waals surface area contributed by atoms with Crippen molar-refractivity contribution in [1.29, 1.82) is 0 Å². The average Bonchev–Trinajstić information content (AvgIpc) is 2.91. The number of hydrogen-bond acceptors (Lipinski definition) is 5. The Morgan fingerprint density at radius 1 is 0.949 bits per heavy atom. The molecule has 0 bridgehead atoms. The van der Waals surface area contributed by atoms with Crippen LogP contribution in [0.1, 0.15) is 32.3 Å². The van der Waals surface area contributed by atoms with Gasteiger partial charge in [0.1, 0.15) is 24.1 Å². The standard InChI is InChI=1S/C29H34BrN3O5S/c1-4-5-19-31-29(35)22(2)32(20-23-11-13-24(30)14-12-23)28(34)21-33(39(3,36)37)25-15-17-27(18-16-25)38-26-9-7-6-8-10-26/h6-18,22H,4-5,19-21H2,1-3H3,(H,31,35). The number of unbranched alkanes of at least 4 members (excludes halogenated alkanes) is 1. The Hall–Kier alpha value is -3.37. The minimum Gasteiger partial charge on any atom is -0.457 e. The molecule has 0 aliphatic carbocycles. The second-order valence-electron chi connectivity index (χ2n) is 9.15.